The molecule has 5 heteroatoms. The van der Waals surface area contributed by atoms with Crippen molar-refractivity contribution >= 4 is 20.5 Å². The van der Waals surface area contributed by atoms with Crippen LogP contribution in [0, 0.1) is 0 Å². The summed E-state index contributed by atoms with van der Waals surface area (Å²) in [6.07, 6.45) is 0.492. The van der Waals surface area contributed by atoms with Crippen molar-refractivity contribution in [2.45, 2.75) is 0 Å². The smallest absolute Gasteiger partial charge is 0.338 e. The molecule has 0 amide bonds. The molecule has 4 nitrogen and oxygen atoms in total. The minimum Gasteiger partial charge on any atom is -0.458 e. The topological polar surface area (TPSA) is 52.6 Å². The second-order valence-corrected chi connectivity index (χ2v) is 5.21. The molecule has 0 N–H and O–H groups in total. The maximum absolute atomic E-state index is 11.6. The third-order valence-electron chi connectivity index (χ3n) is 2.63. The van der Waals surface area contributed by atoms with Crippen LogP contribution in [0.15, 0.2) is 60.7 Å². The van der Waals surface area contributed by atoms with E-state index in [4.69, 9.17) is 9.47 Å². The van der Waals surface area contributed by atoms with Crippen LogP contribution in [0.4, 0.5) is 0 Å². The van der Waals surface area contributed by atoms with Gasteiger partial charge in [-0.1, -0.05) is 36.4 Å². The van der Waals surface area contributed by atoms with E-state index in [-0.39, 0.29) is 33.2 Å². The summed E-state index contributed by atoms with van der Waals surface area (Å²) in [7, 11) is 0.221. The summed E-state index contributed by atoms with van der Waals surface area (Å²) in [6, 6.07) is 17.6. The van der Waals surface area contributed by atoms with E-state index in [0.717, 1.165) is 0 Å². The lowest BCUT2D eigenvalue weighted by Crippen LogP contribution is -2.06. The number of carbonyl (C=O) groups excluding carboxylic acids is 2. The highest BCUT2D eigenvalue weighted by Gasteiger charge is 2.07. The van der Waals surface area contributed by atoms with Gasteiger partial charge in [0, 0.05) is 0 Å². The number of hydrogen-bond acceptors (Lipinski definition) is 4. The maximum atomic E-state index is 11.6. The Morgan fingerprint density at radius 3 is 1.48 bits per heavy atom. The molecule has 0 aromatic heterocycles. The summed E-state index contributed by atoms with van der Waals surface area (Å²) < 4.78 is 10.2. The zero-order valence-corrected chi connectivity index (χ0v) is 12.3. The van der Waals surface area contributed by atoms with E-state index < -0.39 is 0 Å². The molecule has 0 bridgehead atoms. The Labute approximate surface area is 124 Å². The highest BCUT2D eigenvalue weighted by molar-refractivity contribution is 7.37. The SMILES string of the molecule is O=C(OCPCOC(=O)c1ccccc1)c1ccccc1. The molecule has 0 fully saturated rings. The summed E-state index contributed by atoms with van der Waals surface area (Å²) in [4.78, 5) is 23.3. The maximum Gasteiger partial charge on any atom is 0.338 e. The lowest BCUT2D eigenvalue weighted by molar-refractivity contribution is 0.0560. The summed E-state index contributed by atoms with van der Waals surface area (Å²) in [5, 5.41) is 0. The first-order chi connectivity index (χ1) is 10.3. The normalized spacial score (nSPS) is 9.90. The van der Waals surface area contributed by atoms with E-state index in [1.54, 1.807) is 48.5 Å². The lowest BCUT2D eigenvalue weighted by Gasteiger charge is -2.06. The molecule has 0 spiro atoms. The number of carbonyl (C=O) groups is 2. The summed E-state index contributed by atoms with van der Waals surface area (Å²) >= 11 is 0. The van der Waals surface area contributed by atoms with Crippen LogP contribution < -0.4 is 0 Å². The van der Waals surface area contributed by atoms with Gasteiger partial charge >= 0.3 is 11.9 Å². The van der Waals surface area contributed by atoms with Gasteiger partial charge in [-0.3, -0.25) is 0 Å². The fraction of sp³-hybridized carbons (Fsp3) is 0.125. The van der Waals surface area contributed by atoms with Gasteiger partial charge in [0.2, 0.25) is 0 Å². The van der Waals surface area contributed by atoms with Crippen LogP contribution in [0.3, 0.4) is 0 Å². The molecule has 0 aliphatic heterocycles. The molecule has 21 heavy (non-hydrogen) atoms. The van der Waals surface area contributed by atoms with Crippen molar-refractivity contribution in [2.75, 3.05) is 12.7 Å². The molecule has 0 aliphatic carbocycles. The summed E-state index contributed by atoms with van der Waals surface area (Å²) in [5.41, 5.74) is 1.03. The van der Waals surface area contributed by atoms with Crippen molar-refractivity contribution in [1.82, 2.24) is 0 Å². The molecule has 2 aromatic rings. The number of esters is 2. The van der Waals surface area contributed by atoms with Gasteiger partial charge in [-0.05, 0) is 32.8 Å². The van der Waals surface area contributed by atoms with Crippen molar-refractivity contribution in [3.8, 4) is 0 Å². The molecule has 0 heterocycles. The highest BCUT2D eigenvalue weighted by atomic mass is 31.1. The van der Waals surface area contributed by atoms with Crippen LogP contribution >= 0.6 is 8.58 Å². The molecule has 0 radical (unpaired) electrons. The number of benzene rings is 2. The molecular weight excluding hydrogens is 287 g/mol. The fourth-order valence-electron chi connectivity index (χ4n) is 1.59. The van der Waals surface area contributed by atoms with Crippen molar-refractivity contribution < 1.29 is 19.1 Å². The fourth-order valence-corrected chi connectivity index (χ4v) is 2.14. The quantitative estimate of drug-likeness (QED) is 0.467. The Bertz CT molecular complexity index is 530. The second-order valence-electron chi connectivity index (χ2n) is 4.13. The minimum absolute atomic E-state index is 0.221. The Hall–Kier alpha value is -2.19. The Balaban J connectivity index is 1.64. The van der Waals surface area contributed by atoms with E-state index >= 15 is 0 Å². The van der Waals surface area contributed by atoms with Crippen LogP contribution in [-0.2, 0) is 9.47 Å². The van der Waals surface area contributed by atoms with Gasteiger partial charge in [-0.25, -0.2) is 9.59 Å². The second kappa shape index (κ2) is 8.18. The molecule has 0 saturated carbocycles. The number of rotatable bonds is 6. The van der Waals surface area contributed by atoms with Crippen LogP contribution in [0.1, 0.15) is 20.7 Å². The zero-order valence-electron chi connectivity index (χ0n) is 11.3. The molecule has 0 saturated heterocycles. The zero-order chi connectivity index (χ0) is 14.9. The van der Waals surface area contributed by atoms with Gasteiger partial charge in [0.1, 0.15) is 12.7 Å². The van der Waals surface area contributed by atoms with Gasteiger partial charge in [0.05, 0.1) is 11.1 Å². The monoisotopic (exact) mass is 302 g/mol. The summed E-state index contributed by atoms with van der Waals surface area (Å²) in [6.45, 7) is 0. The molecule has 2 rings (SSSR count). The molecular formula is C16H15O4P. The first kappa shape index (κ1) is 15.2. The third-order valence-corrected chi connectivity index (χ3v) is 3.33. The predicted molar refractivity (Wildman–Crippen MR) is 81.8 cm³/mol. The largest absolute Gasteiger partial charge is 0.458 e. The van der Waals surface area contributed by atoms with Crippen molar-refractivity contribution in [3.05, 3.63) is 71.8 Å². The molecule has 0 atom stereocenters. The average molecular weight is 302 g/mol. The van der Waals surface area contributed by atoms with Crippen LogP contribution in [0.2, 0.25) is 0 Å². The molecule has 108 valence electrons. The van der Waals surface area contributed by atoms with E-state index in [1.165, 1.54) is 0 Å². The van der Waals surface area contributed by atoms with Gasteiger partial charge in [0.15, 0.2) is 0 Å². The van der Waals surface area contributed by atoms with Crippen molar-refractivity contribution in [1.29, 1.82) is 0 Å². The first-order valence-corrected chi connectivity index (χ1v) is 7.84. The predicted octanol–water partition coefficient (Wildman–Crippen LogP) is 3.29. The van der Waals surface area contributed by atoms with E-state index in [1.807, 2.05) is 12.1 Å². The Morgan fingerprint density at radius 1 is 0.714 bits per heavy atom. The van der Waals surface area contributed by atoms with Crippen LogP contribution in [0.25, 0.3) is 0 Å². The molecule has 0 aliphatic rings. The average Bonchev–Trinajstić information content (AvgIpc) is 2.55. The Morgan fingerprint density at radius 2 is 1.10 bits per heavy atom. The van der Waals surface area contributed by atoms with Gasteiger partial charge in [-0.2, -0.15) is 0 Å². The Kier molecular flexibility index (Phi) is 5.92. The van der Waals surface area contributed by atoms with Crippen molar-refractivity contribution in [2.24, 2.45) is 0 Å². The summed E-state index contributed by atoms with van der Waals surface area (Å²) in [5.74, 6) is -0.727. The van der Waals surface area contributed by atoms with Gasteiger partial charge < -0.3 is 9.47 Å². The standard InChI is InChI=1S/C16H15O4P/c17-15(13-7-3-1-4-8-13)19-11-21-12-20-16(18)14-9-5-2-6-10-14/h1-10,21H,11-12H2. The number of hydrogen-bond donors (Lipinski definition) is 0. The van der Waals surface area contributed by atoms with E-state index in [0.29, 0.717) is 11.1 Å². The third kappa shape index (κ3) is 5.01. The van der Waals surface area contributed by atoms with Gasteiger partial charge in [0.25, 0.3) is 0 Å². The van der Waals surface area contributed by atoms with E-state index in [9.17, 15) is 9.59 Å². The van der Waals surface area contributed by atoms with Crippen LogP contribution in [-0.4, -0.2) is 24.6 Å². The molecule has 0 unspecified atom stereocenters. The molecule has 2 aromatic carbocycles. The van der Waals surface area contributed by atoms with Crippen LogP contribution in [0.5, 0.6) is 0 Å². The lowest BCUT2D eigenvalue weighted by atomic mass is 10.2. The number of ether oxygens (including phenoxy) is 2. The van der Waals surface area contributed by atoms with E-state index in [2.05, 4.69) is 0 Å². The van der Waals surface area contributed by atoms with Crippen molar-refractivity contribution in [3.63, 3.8) is 0 Å². The highest BCUT2D eigenvalue weighted by Crippen LogP contribution is 2.13. The van der Waals surface area contributed by atoms with Gasteiger partial charge in [-0.15, -0.1) is 0 Å². The minimum atomic E-state index is -0.363. The first-order valence-electron chi connectivity index (χ1n) is 6.42.